The molecule has 22 heavy (non-hydrogen) atoms. The van der Waals surface area contributed by atoms with Crippen LogP contribution in [0.3, 0.4) is 0 Å². The fourth-order valence-corrected chi connectivity index (χ4v) is 3.24. The molecule has 124 valence electrons. The molecule has 1 rings (SSSR count). The molecule has 0 unspecified atom stereocenters. The second-order valence-electron chi connectivity index (χ2n) is 4.97. The van der Waals surface area contributed by atoms with Crippen LogP contribution in [0.4, 0.5) is 5.69 Å². The molecule has 4 N–H and O–H groups in total. The third-order valence-corrected chi connectivity index (χ3v) is 4.55. The van der Waals surface area contributed by atoms with E-state index in [1.165, 1.54) is 12.1 Å². The van der Waals surface area contributed by atoms with E-state index in [1.54, 1.807) is 0 Å². The summed E-state index contributed by atoms with van der Waals surface area (Å²) < 4.78 is 26.8. The summed E-state index contributed by atoms with van der Waals surface area (Å²) in [5, 5.41) is 20.9. The van der Waals surface area contributed by atoms with E-state index in [9.17, 15) is 13.2 Å². The Bertz CT molecular complexity index is 616. The van der Waals surface area contributed by atoms with Crippen molar-refractivity contribution >= 4 is 21.7 Å². The second kappa shape index (κ2) is 8.11. The van der Waals surface area contributed by atoms with E-state index < -0.39 is 16.0 Å². The van der Waals surface area contributed by atoms with E-state index in [-0.39, 0.29) is 29.7 Å². The minimum absolute atomic E-state index is 0.0486. The van der Waals surface area contributed by atoms with Gasteiger partial charge in [-0.15, -0.1) is 0 Å². The average molecular weight is 330 g/mol. The van der Waals surface area contributed by atoms with E-state index >= 15 is 0 Å². The fourth-order valence-electron chi connectivity index (χ4n) is 2.03. The lowest BCUT2D eigenvalue weighted by Crippen LogP contribution is -2.28. The maximum Gasteiger partial charge on any atom is 0.335 e. The van der Waals surface area contributed by atoms with Crippen molar-refractivity contribution in [1.29, 1.82) is 0 Å². The smallest absolute Gasteiger partial charge is 0.335 e. The lowest BCUT2D eigenvalue weighted by molar-refractivity contribution is 0.0696. The van der Waals surface area contributed by atoms with Gasteiger partial charge in [0.2, 0.25) is 10.0 Å². The van der Waals surface area contributed by atoms with Crippen LogP contribution in [0.2, 0.25) is 0 Å². The first-order chi connectivity index (χ1) is 10.3. The Morgan fingerprint density at radius 2 is 2.05 bits per heavy atom. The van der Waals surface area contributed by atoms with Crippen LogP contribution in [-0.4, -0.2) is 43.8 Å². The number of hydrogen-bond acceptors (Lipinski definition) is 5. The van der Waals surface area contributed by atoms with Gasteiger partial charge in [0.25, 0.3) is 0 Å². The summed E-state index contributed by atoms with van der Waals surface area (Å²) >= 11 is 0. The summed E-state index contributed by atoms with van der Waals surface area (Å²) in [4.78, 5) is 10.9. The molecule has 0 saturated carbocycles. The first kappa shape index (κ1) is 18.4. The first-order valence-corrected chi connectivity index (χ1v) is 8.54. The molecule has 1 atom stereocenters. The Hall–Kier alpha value is -1.64. The van der Waals surface area contributed by atoms with Crippen molar-refractivity contribution in [3.63, 3.8) is 0 Å². The topological polar surface area (TPSA) is 116 Å². The van der Waals surface area contributed by atoms with E-state index in [4.69, 9.17) is 10.2 Å². The molecular formula is C14H22N2O5S. The molecule has 0 saturated heterocycles. The summed E-state index contributed by atoms with van der Waals surface area (Å²) in [5.74, 6) is -1.20. The molecule has 0 spiro atoms. The van der Waals surface area contributed by atoms with Gasteiger partial charge in [-0.1, -0.05) is 13.3 Å². The molecule has 0 bridgehead atoms. The lowest BCUT2D eigenvalue weighted by Gasteiger charge is -2.18. The molecule has 0 heterocycles. The van der Waals surface area contributed by atoms with Crippen molar-refractivity contribution in [2.75, 3.05) is 18.5 Å². The number of anilines is 1. The Morgan fingerprint density at radius 1 is 1.36 bits per heavy atom. The highest BCUT2D eigenvalue weighted by Gasteiger charge is 2.21. The third-order valence-electron chi connectivity index (χ3n) is 3.05. The maximum absolute atomic E-state index is 12.3. The van der Waals surface area contributed by atoms with Crippen LogP contribution in [0.5, 0.6) is 0 Å². The Morgan fingerprint density at radius 3 is 2.59 bits per heavy atom. The molecule has 0 aromatic heterocycles. The molecular weight excluding hydrogens is 308 g/mol. The highest BCUT2D eigenvalue weighted by molar-refractivity contribution is 7.89. The van der Waals surface area contributed by atoms with Gasteiger partial charge in [0.15, 0.2) is 0 Å². The molecule has 0 aliphatic carbocycles. The number of sulfonamides is 1. The van der Waals surface area contributed by atoms with Crippen molar-refractivity contribution in [3.8, 4) is 0 Å². The Balaban J connectivity index is 3.23. The van der Waals surface area contributed by atoms with E-state index in [2.05, 4.69) is 10.0 Å². The SMILES string of the molecule is CCC[C@H](C)Nc1ccc(C(=O)O)cc1S(=O)(=O)NCCO. The number of hydrogen-bond donors (Lipinski definition) is 4. The second-order valence-corrected chi connectivity index (χ2v) is 6.71. The highest BCUT2D eigenvalue weighted by Crippen LogP contribution is 2.24. The zero-order valence-corrected chi connectivity index (χ0v) is 13.5. The maximum atomic E-state index is 12.3. The fraction of sp³-hybridized carbons (Fsp3) is 0.500. The van der Waals surface area contributed by atoms with Crippen molar-refractivity contribution in [1.82, 2.24) is 4.72 Å². The van der Waals surface area contributed by atoms with Gasteiger partial charge in [-0.25, -0.2) is 17.9 Å². The summed E-state index contributed by atoms with van der Waals surface area (Å²) in [5.41, 5.74) is 0.231. The van der Waals surface area contributed by atoms with Gasteiger partial charge in [-0.05, 0) is 31.5 Å². The number of carboxylic acid groups (broad SMARTS) is 1. The zero-order chi connectivity index (χ0) is 16.8. The minimum Gasteiger partial charge on any atom is -0.478 e. The van der Waals surface area contributed by atoms with Gasteiger partial charge >= 0.3 is 5.97 Å². The predicted octanol–water partition coefficient (Wildman–Crippen LogP) is 1.26. The number of aliphatic hydroxyl groups is 1. The number of rotatable bonds is 9. The number of carboxylic acids is 1. The Kier molecular flexibility index (Phi) is 6.79. The zero-order valence-electron chi connectivity index (χ0n) is 12.7. The standard InChI is InChI=1S/C14H22N2O5S/c1-3-4-10(2)16-12-6-5-11(14(18)19)9-13(12)22(20,21)15-7-8-17/h5-6,9-10,15-17H,3-4,7-8H2,1-2H3,(H,18,19)/t10-/m0/s1. The molecule has 8 heteroatoms. The summed E-state index contributed by atoms with van der Waals surface area (Å²) in [6.07, 6.45) is 1.79. The van der Waals surface area contributed by atoms with Crippen LogP contribution in [0.1, 0.15) is 37.0 Å². The van der Waals surface area contributed by atoms with Gasteiger partial charge in [0.05, 0.1) is 17.9 Å². The molecule has 0 amide bonds. The molecule has 0 radical (unpaired) electrons. The molecule has 1 aromatic rings. The molecule has 0 fully saturated rings. The van der Waals surface area contributed by atoms with Gasteiger partial charge in [-0.2, -0.15) is 0 Å². The van der Waals surface area contributed by atoms with Crippen LogP contribution >= 0.6 is 0 Å². The normalized spacial score (nSPS) is 12.9. The Labute approximate surface area is 130 Å². The van der Waals surface area contributed by atoms with E-state index in [0.29, 0.717) is 5.69 Å². The van der Waals surface area contributed by atoms with Crippen molar-refractivity contribution in [2.24, 2.45) is 0 Å². The lowest BCUT2D eigenvalue weighted by atomic mass is 10.1. The van der Waals surface area contributed by atoms with Crippen LogP contribution in [0.25, 0.3) is 0 Å². The van der Waals surface area contributed by atoms with Gasteiger partial charge < -0.3 is 15.5 Å². The number of aliphatic hydroxyl groups excluding tert-OH is 1. The van der Waals surface area contributed by atoms with Crippen LogP contribution in [-0.2, 0) is 10.0 Å². The minimum atomic E-state index is -3.91. The summed E-state index contributed by atoms with van der Waals surface area (Å²) in [7, 11) is -3.91. The number of carbonyl (C=O) groups is 1. The molecule has 1 aromatic carbocycles. The monoisotopic (exact) mass is 330 g/mol. The number of benzene rings is 1. The third kappa shape index (κ3) is 4.97. The summed E-state index contributed by atoms with van der Waals surface area (Å²) in [6, 6.07) is 3.97. The van der Waals surface area contributed by atoms with Crippen molar-refractivity contribution in [3.05, 3.63) is 23.8 Å². The molecule has 0 aliphatic rings. The highest BCUT2D eigenvalue weighted by atomic mass is 32.2. The van der Waals surface area contributed by atoms with Crippen molar-refractivity contribution in [2.45, 2.75) is 37.6 Å². The van der Waals surface area contributed by atoms with Gasteiger partial charge in [-0.3, -0.25) is 0 Å². The van der Waals surface area contributed by atoms with Crippen molar-refractivity contribution < 1.29 is 23.4 Å². The predicted molar refractivity (Wildman–Crippen MR) is 83.7 cm³/mol. The largest absolute Gasteiger partial charge is 0.478 e. The molecule has 0 aliphatic heterocycles. The van der Waals surface area contributed by atoms with Crippen LogP contribution < -0.4 is 10.0 Å². The van der Waals surface area contributed by atoms with Gasteiger partial charge in [0.1, 0.15) is 4.90 Å². The average Bonchev–Trinajstić information content (AvgIpc) is 2.45. The quantitative estimate of drug-likeness (QED) is 0.542. The first-order valence-electron chi connectivity index (χ1n) is 7.06. The summed E-state index contributed by atoms with van der Waals surface area (Å²) in [6.45, 7) is 3.47. The van der Waals surface area contributed by atoms with Crippen LogP contribution in [0, 0.1) is 0 Å². The molecule has 7 nitrogen and oxygen atoms in total. The van der Waals surface area contributed by atoms with Crippen LogP contribution in [0.15, 0.2) is 23.1 Å². The number of nitrogens with one attached hydrogen (secondary N) is 2. The van der Waals surface area contributed by atoms with E-state index in [0.717, 1.165) is 18.9 Å². The number of aromatic carboxylic acids is 1. The van der Waals surface area contributed by atoms with Gasteiger partial charge in [0, 0.05) is 12.6 Å². The van der Waals surface area contributed by atoms with E-state index in [1.807, 2.05) is 13.8 Å².